The fourth-order valence-electron chi connectivity index (χ4n) is 1.61. The summed E-state index contributed by atoms with van der Waals surface area (Å²) in [6.45, 7) is 3.83. The first kappa shape index (κ1) is 13.1. The van der Waals surface area contributed by atoms with Gasteiger partial charge in [-0.1, -0.05) is 29.8 Å². The molecule has 0 aromatic heterocycles. The maximum absolute atomic E-state index is 6.25. The van der Waals surface area contributed by atoms with Crippen LogP contribution in [0, 0.1) is 18.8 Å². The number of nitrogens with two attached hydrogens (primary N) is 1. The smallest absolute Gasteiger partial charge is 0.0483 e. The van der Waals surface area contributed by atoms with Crippen LogP contribution in [0.25, 0.3) is 0 Å². The molecule has 0 radical (unpaired) electrons. The van der Waals surface area contributed by atoms with Gasteiger partial charge in [0.05, 0.1) is 0 Å². The summed E-state index contributed by atoms with van der Waals surface area (Å²) in [6.07, 6.45) is 1.68. The summed E-state index contributed by atoms with van der Waals surface area (Å²) in [5.41, 5.74) is 4.91. The molecular formula is C13H17ClN2. The molecule has 1 rings (SSSR count). The van der Waals surface area contributed by atoms with Crippen LogP contribution in [0.15, 0.2) is 18.2 Å². The van der Waals surface area contributed by atoms with Gasteiger partial charge in [-0.2, -0.15) is 0 Å². The minimum absolute atomic E-state index is 0.0632. The van der Waals surface area contributed by atoms with Crippen molar-refractivity contribution in [1.29, 1.82) is 0 Å². The van der Waals surface area contributed by atoms with E-state index in [1.807, 2.05) is 32.0 Å². The van der Waals surface area contributed by atoms with Crippen LogP contribution in [-0.2, 0) is 0 Å². The lowest BCUT2D eigenvalue weighted by Crippen LogP contribution is -2.28. The van der Waals surface area contributed by atoms with E-state index in [4.69, 9.17) is 17.4 Å². The highest BCUT2D eigenvalue weighted by molar-refractivity contribution is 6.32. The molecule has 0 fully saturated rings. The predicted molar refractivity (Wildman–Crippen MR) is 68.9 cm³/mol. The lowest BCUT2D eigenvalue weighted by molar-refractivity contribution is 0.524. The highest BCUT2D eigenvalue weighted by atomic mass is 35.5. The molecule has 1 aromatic carbocycles. The SMILES string of the molecule is CC#CCCC(NN)c1cccc(C)c1Cl. The Morgan fingerprint density at radius 2 is 2.25 bits per heavy atom. The first-order chi connectivity index (χ1) is 7.70. The van der Waals surface area contributed by atoms with Crippen LogP contribution >= 0.6 is 11.6 Å². The summed E-state index contributed by atoms with van der Waals surface area (Å²) < 4.78 is 0. The number of hydrogen-bond acceptors (Lipinski definition) is 2. The number of halogens is 1. The maximum atomic E-state index is 6.25. The Kier molecular flexibility index (Phi) is 5.34. The Morgan fingerprint density at radius 3 is 2.88 bits per heavy atom. The van der Waals surface area contributed by atoms with Crippen molar-refractivity contribution in [3.8, 4) is 11.8 Å². The van der Waals surface area contributed by atoms with Gasteiger partial charge in [-0.15, -0.1) is 11.8 Å². The van der Waals surface area contributed by atoms with E-state index in [0.29, 0.717) is 0 Å². The summed E-state index contributed by atoms with van der Waals surface area (Å²) in [5.74, 6) is 11.5. The van der Waals surface area contributed by atoms with E-state index in [9.17, 15) is 0 Å². The van der Waals surface area contributed by atoms with Crippen molar-refractivity contribution < 1.29 is 0 Å². The molecule has 1 unspecified atom stereocenters. The minimum atomic E-state index is 0.0632. The van der Waals surface area contributed by atoms with Gasteiger partial charge in [-0.25, -0.2) is 0 Å². The van der Waals surface area contributed by atoms with E-state index in [-0.39, 0.29) is 6.04 Å². The third-order valence-electron chi connectivity index (χ3n) is 2.53. The standard InChI is InChI=1S/C13H17ClN2/c1-3-4-5-9-12(16-15)11-8-6-7-10(2)13(11)14/h6-8,12,16H,5,9,15H2,1-2H3. The maximum Gasteiger partial charge on any atom is 0.0483 e. The molecule has 0 aliphatic rings. The molecule has 3 N–H and O–H groups in total. The van der Waals surface area contributed by atoms with Gasteiger partial charge in [0, 0.05) is 17.5 Å². The van der Waals surface area contributed by atoms with Crippen molar-refractivity contribution in [3.05, 3.63) is 34.3 Å². The lowest BCUT2D eigenvalue weighted by atomic mass is 10.0. The molecule has 2 nitrogen and oxygen atoms in total. The molecule has 16 heavy (non-hydrogen) atoms. The molecule has 0 amide bonds. The van der Waals surface area contributed by atoms with Gasteiger partial charge in [0.15, 0.2) is 0 Å². The first-order valence-electron chi connectivity index (χ1n) is 5.31. The summed E-state index contributed by atoms with van der Waals surface area (Å²) >= 11 is 6.25. The van der Waals surface area contributed by atoms with Crippen molar-refractivity contribution in [2.24, 2.45) is 5.84 Å². The molecule has 0 saturated carbocycles. The van der Waals surface area contributed by atoms with Gasteiger partial charge < -0.3 is 0 Å². The second kappa shape index (κ2) is 6.55. The minimum Gasteiger partial charge on any atom is -0.271 e. The Morgan fingerprint density at radius 1 is 1.50 bits per heavy atom. The summed E-state index contributed by atoms with van der Waals surface area (Å²) in [5, 5.41) is 0.787. The van der Waals surface area contributed by atoms with E-state index in [1.54, 1.807) is 0 Å². The summed E-state index contributed by atoms with van der Waals surface area (Å²) in [4.78, 5) is 0. The van der Waals surface area contributed by atoms with E-state index in [2.05, 4.69) is 17.3 Å². The van der Waals surface area contributed by atoms with E-state index in [1.165, 1.54) is 0 Å². The molecule has 1 aromatic rings. The molecule has 3 heteroatoms. The quantitative estimate of drug-likeness (QED) is 0.479. The van der Waals surface area contributed by atoms with Crippen LogP contribution in [0.3, 0.4) is 0 Å². The van der Waals surface area contributed by atoms with Crippen LogP contribution in [0.4, 0.5) is 0 Å². The molecule has 0 heterocycles. The number of hydrazine groups is 1. The van der Waals surface area contributed by atoms with Crippen LogP contribution < -0.4 is 11.3 Å². The molecule has 1 atom stereocenters. The summed E-state index contributed by atoms with van der Waals surface area (Å²) in [6, 6.07) is 6.05. The highest BCUT2D eigenvalue weighted by Crippen LogP contribution is 2.28. The van der Waals surface area contributed by atoms with E-state index < -0.39 is 0 Å². The van der Waals surface area contributed by atoms with Crippen LogP contribution in [0.5, 0.6) is 0 Å². The van der Waals surface area contributed by atoms with Gasteiger partial charge in [0.1, 0.15) is 0 Å². The predicted octanol–water partition coefficient (Wildman–Crippen LogP) is 2.96. The fourth-order valence-corrected chi connectivity index (χ4v) is 1.87. The van der Waals surface area contributed by atoms with E-state index in [0.717, 1.165) is 29.0 Å². The molecule has 86 valence electrons. The zero-order valence-electron chi connectivity index (χ0n) is 9.68. The molecule has 0 saturated heterocycles. The molecule has 0 aliphatic carbocycles. The van der Waals surface area contributed by atoms with Crippen molar-refractivity contribution in [1.82, 2.24) is 5.43 Å². The largest absolute Gasteiger partial charge is 0.271 e. The molecular weight excluding hydrogens is 220 g/mol. The Hall–Kier alpha value is -1.01. The van der Waals surface area contributed by atoms with Gasteiger partial charge in [-0.05, 0) is 31.4 Å². The average Bonchev–Trinajstić information content (AvgIpc) is 2.29. The normalized spacial score (nSPS) is 11.8. The topological polar surface area (TPSA) is 38.0 Å². The van der Waals surface area contributed by atoms with Crippen LogP contribution in [0.1, 0.15) is 36.9 Å². The van der Waals surface area contributed by atoms with Gasteiger partial charge >= 0.3 is 0 Å². The van der Waals surface area contributed by atoms with Gasteiger partial charge in [0.25, 0.3) is 0 Å². The Balaban J connectivity index is 2.85. The Labute approximate surface area is 102 Å². The van der Waals surface area contributed by atoms with Crippen molar-refractivity contribution in [2.75, 3.05) is 0 Å². The second-order valence-corrected chi connectivity index (χ2v) is 4.04. The first-order valence-corrected chi connectivity index (χ1v) is 5.69. The lowest BCUT2D eigenvalue weighted by Gasteiger charge is -2.17. The zero-order valence-corrected chi connectivity index (χ0v) is 10.4. The highest BCUT2D eigenvalue weighted by Gasteiger charge is 2.13. The van der Waals surface area contributed by atoms with Crippen molar-refractivity contribution in [3.63, 3.8) is 0 Å². The third kappa shape index (κ3) is 3.24. The van der Waals surface area contributed by atoms with E-state index >= 15 is 0 Å². The zero-order chi connectivity index (χ0) is 12.0. The number of aryl methyl sites for hydroxylation is 1. The van der Waals surface area contributed by atoms with Crippen LogP contribution in [-0.4, -0.2) is 0 Å². The average molecular weight is 237 g/mol. The van der Waals surface area contributed by atoms with Gasteiger partial charge in [0.2, 0.25) is 0 Å². The molecule has 0 aliphatic heterocycles. The number of hydrogen-bond donors (Lipinski definition) is 2. The van der Waals surface area contributed by atoms with Gasteiger partial charge in [-0.3, -0.25) is 11.3 Å². The molecule has 0 spiro atoms. The third-order valence-corrected chi connectivity index (χ3v) is 3.05. The number of rotatable bonds is 4. The Bertz CT molecular complexity index is 404. The monoisotopic (exact) mass is 236 g/mol. The van der Waals surface area contributed by atoms with Crippen LogP contribution in [0.2, 0.25) is 5.02 Å². The van der Waals surface area contributed by atoms with Crippen molar-refractivity contribution in [2.45, 2.75) is 32.7 Å². The summed E-state index contributed by atoms with van der Waals surface area (Å²) in [7, 11) is 0. The van der Waals surface area contributed by atoms with Crippen molar-refractivity contribution >= 4 is 11.6 Å². The number of benzene rings is 1. The molecule has 0 bridgehead atoms. The number of nitrogens with one attached hydrogen (secondary N) is 1. The second-order valence-electron chi connectivity index (χ2n) is 3.66. The fraction of sp³-hybridized carbons (Fsp3) is 0.385.